The average molecular weight is 249 g/mol. The molecule has 1 aliphatic carbocycles. The number of carbonyl (C=O) groups is 1. The summed E-state index contributed by atoms with van der Waals surface area (Å²) in [7, 11) is 0. The molecule has 0 bridgehead atoms. The second-order valence-corrected chi connectivity index (χ2v) is 4.39. The van der Waals surface area contributed by atoms with Crippen LogP contribution in [-0.2, 0) is 9.53 Å². The van der Waals surface area contributed by atoms with Crippen molar-refractivity contribution in [2.45, 2.75) is 44.2 Å². The molecule has 2 atom stereocenters. The Morgan fingerprint density at radius 3 is 2.88 bits per heavy atom. The number of halogens is 1. The smallest absolute Gasteiger partial charge is 0.224 e. The minimum absolute atomic E-state index is 0. The molecule has 2 rings (SSSR count). The molecule has 1 heterocycles. The van der Waals surface area contributed by atoms with Gasteiger partial charge in [0.05, 0.1) is 18.8 Å². The van der Waals surface area contributed by atoms with E-state index >= 15 is 0 Å². The van der Waals surface area contributed by atoms with Crippen LogP contribution in [0.15, 0.2) is 0 Å². The molecule has 0 radical (unpaired) electrons. The van der Waals surface area contributed by atoms with E-state index in [0.29, 0.717) is 25.6 Å². The van der Waals surface area contributed by atoms with Crippen LogP contribution in [0.1, 0.15) is 32.1 Å². The summed E-state index contributed by atoms with van der Waals surface area (Å²) in [4.78, 5) is 13.8. The van der Waals surface area contributed by atoms with Gasteiger partial charge in [-0.1, -0.05) is 12.8 Å². The summed E-state index contributed by atoms with van der Waals surface area (Å²) < 4.78 is 5.72. The van der Waals surface area contributed by atoms with Crippen LogP contribution in [-0.4, -0.2) is 42.6 Å². The highest BCUT2D eigenvalue weighted by Crippen LogP contribution is 2.28. The summed E-state index contributed by atoms with van der Waals surface area (Å²) in [5.74, 6) is 0.206. The monoisotopic (exact) mass is 248 g/mol. The fourth-order valence-corrected chi connectivity index (χ4v) is 2.67. The number of hydrogen-bond acceptors (Lipinski definition) is 3. The molecule has 94 valence electrons. The predicted octanol–water partition coefficient (Wildman–Crippen LogP) is 0.927. The van der Waals surface area contributed by atoms with Crippen molar-refractivity contribution in [3.63, 3.8) is 0 Å². The van der Waals surface area contributed by atoms with Crippen LogP contribution >= 0.6 is 12.4 Å². The molecule has 2 unspecified atom stereocenters. The third kappa shape index (κ3) is 2.87. The van der Waals surface area contributed by atoms with Gasteiger partial charge in [-0.15, -0.1) is 12.4 Å². The zero-order valence-corrected chi connectivity index (χ0v) is 10.4. The Morgan fingerprint density at radius 2 is 2.12 bits per heavy atom. The van der Waals surface area contributed by atoms with Gasteiger partial charge in [0, 0.05) is 19.5 Å². The standard InChI is InChI=1S/C11H20N2O2.ClH/c12-6-5-11(14)13-7-8-15-10-4-2-1-3-9(10)13;/h9-10H,1-8,12H2;1H. The summed E-state index contributed by atoms with van der Waals surface area (Å²) in [5, 5.41) is 0. The normalized spacial score (nSPS) is 29.2. The molecule has 2 aliphatic rings. The molecule has 0 aromatic carbocycles. The molecule has 0 aromatic rings. The van der Waals surface area contributed by atoms with Gasteiger partial charge in [-0.2, -0.15) is 0 Å². The van der Waals surface area contributed by atoms with Gasteiger partial charge in [0.1, 0.15) is 0 Å². The third-order valence-corrected chi connectivity index (χ3v) is 3.41. The van der Waals surface area contributed by atoms with E-state index in [1.165, 1.54) is 12.8 Å². The van der Waals surface area contributed by atoms with Gasteiger partial charge < -0.3 is 15.4 Å². The van der Waals surface area contributed by atoms with Crippen LogP contribution in [0.3, 0.4) is 0 Å². The van der Waals surface area contributed by atoms with Gasteiger partial charge in [0.15, 0.2) is 0 Å². The van der Waals surface area contributed by atoms with Gasteiger partial charge in [0.2, 0.25) is 5.91 Å². The fourth-order valence-electron chi connectivity index (χ4n) is 2.67. The predicted molar refractivity (Wildman–Crippen MR) is 64.6 cm³/mol. The lowest BCUT2D eigenvalue weighted by Crippen LogP contribution is -2.55. The number of ether oxygens (including phenoxy) is 1. The van der Waals surface area contributed by atoms with E-state index in [0.717, 1.165) is 19.4 Å². The zero-order chi connectivity index (χ0) is 10.7. The molecular weight excluding hydrogens is 228 g/mol. The zero-order valence-electron chi connectivity index (χ0n) is 9.56. The lowest BCUT2D eigenvalue weighted by atomic mass is 9.90. The Bertz CT molecular complexity index is 236. The summed E-state index contributed by atoms with van der Waals surface area (Å²) in [6.07, 6.45) is 5.42. The summed E-state index contributed by atoms with van der Waals surface area (Å²) in [5.41, 5.74) is 5.43. The lowest BCUT2D eigenvalue weighted by Gasteiger charge is -2.43. The Labute approximate surface area is 103 Å². The number of carbonyl (C=O) groups excluding carboxylic acids is 1. The molecule has 2 fully saturated rings. The second kappa shape index (κ2) is 6.42. The van der Waals surface area contributed by atoms with Crippen molar-refractivity contribution in [1.82, 2.24) is 4.90 Å². The maximum atomic E-state index is 11.8. The first-order valence-electron chi connectivity index (χ1n) is 5.94. The number of morpholine rings is 1. The number of fused-ring (bicyclic) bond motifs is 1. The van der Waals surface area contributed by atoms with E-state index in [9.17, 15) is 4.79 Å². The molecule has 1 amide bonds. The molecule has 4 nitrogen and oxygen atoms in total. The Hall–Kier alpha value is -0.320. The van der Waals surface area contributed by atoms with Crippen molar-refractivity contribution >= 4 is 18.3 Å². The van der Waals surface area contributed by atoms with Crippen molar-refractivity contribution in [3.8, 4) is 0 Å². The molecule has 2 N–H and O–H groups in total. The van der Waals surface area contributed by atoms with Gasteiger partial charge in [0.25, 0.3) is 0 Å². The molecule has 1 saturated heterocycles. The van der Waals surface area contributed by atoms with Crippen LogP contribution < -0.4 is 5.73 Å². The maximum Gasteiger partial charge on any atom is 0.224 e. The largest absolute Gasteiger partial charge is 0.374 e. The van der Waals surface area contributed by atoms with E-state index in [1.807, 2.05) is 4.90 Å². The first-order chi connectivity index (χ1) is 7.33. The number of rotatable bonds is 2. The highest BCUT2D eigenvalue weighted by molar-refractivity contribution is 5.85. The Morgan fingerprint density at radius 1 is 1.38 bits per heavy atom. The quantitative estimate of drug-likeness (QED) is 0.791. The van der Waals surface area contributed by atoms with E-state index in [2.05, 4.69) is 0 Å². The highest BCUT2D eigenvalue weighted by atomic mass is 35.5. The Balaban J connectivity index is 0.00000128. The highest BCUT2D eigenvalue weighted by Gasteiger charge is 2.36. The average Bonchev–Trinajstić information content (AvgIpc) is 2.28. The number of nitrogens with two attached hydrogens (primary N) is 1. The van der Waals surface area contributed by atoms with Crippen LogP contribution in [0.25, 0.3) is 0 Å². The van der Waals surface area contributed by atoms with Crippen LogP contribution in [0.5, 0.6) is 0 Å². The van der Waals surface area contributed by atoms with Gasteiger partial charge in [-0.05, 0) is 12.8 Å². The molecule has 16 heavy (non-hydrogen) atoms. The van der Waals surface area contributed by atoms with Crippen molar-refractivity contribution in [1.29, 1.82) is 0 Å². The minimum Gasteiger partial charge on any atom is -0.374 e. The lowest BCUT2D eigenvalue weighted by molar-refractivity contribution is -0.149. The van der Waals surface area contributed by atoms with E-state index in [-0.39, 0.29) is 24.4 Å². The maximum absolute atomic E-state index is 11.8. The summed E-state index contributed by atoms with van der Waals surface area (Å²) >= 11 is 0. The first-order valence-corrected chi connectivity index (χ1v) is 5.94. The van der Waals surface area contributed by atoms with Crippen molar-refractivity contribution < 1.29 is 9.53 Å². The SMILES string of the molecule is Cl.NCCC(=O)N1CCOC2CCCCC21. The van der Waals surface area contributed by atoms with Gasteiger partial charge in [-0.3, -0.25) is 4.79 Å². The van der Waals surface area contributed by atoms with E-state index in [1.54, 1.807) is 0 Å². The molecule has 0 spiro atoms. The van der Waals surface area contributed by atoms with E-state index < -0.39 is 0 Å². The third-order valence-electron chi connectivity index (χ3n) is 3.41. The van der Waals surface area contributed by atoms with Crippen molar-refractivity contribution in [3.05, 3.63) is 0 Å². The molecule has 1 saturated carbocycles. The summed E-state index contributed by atoms with van der Waals surface area (Å²) in [6, 6.07) is 0.326. The first kappa shape index (κ1) is 13.7. The molecule has 5 heteroatoms. The Kier molecular flexibility index (Phi) is 5.52. The molecule has 1 aliphatic heterocycles. The van der Waals surface area contributed by atoms with Gasteiger partial charge >= 0.3 is 0 Å². The van der Waals surface area contributed by atoms with Crippen LogP contribution in [0, 0.1) is 0 Å². The fraction of sp³-hybridized carbons (Fsp3) is 0.909. The van der Waals surface area contributed by atoms with Gasteiger partial charge in [-0.25, -0.2) is 0 Å². The topological polar surface area (TPSA) is 55.6 Å². The van der Waals surface area contributed by atoms with Crippen molar-refractivity contribution in [2.75, 3.05) is 19.7 Å². The second-order valence-electron chi connectivity index (χ2n) is 4.39. The van der Waals surface area contributed by atoms with Crippen molar-refractivity contribution in [2.24, 2.45) is 5.73 Å². The minimum atomic E-state index is 0. The molecular formula is C11H21ClN2O2. The van der Waals surface area contributed by atoms with E-state index in [4.69, 9.17) is 10.5 Å². The van der Waals surface area contributed by atoms with Crippen LogP contribution in [0.4, 0.5) is 0 Å². The number of hydrogen-bond donors (Lipinski definition) is 1. The number of nitrogens with zero attached hydrogens (tertiary/aromatic N) is 1. The number of amides is 1. The van der Waals surface area contributed by atoms with Crippen LogP contribution in [0.2, 0.25) is 0 Å². The molecule has 0 aromatic heterocycles. The summed E-state index contributed by atoms with van der Waals surface area (Å²) in [6.45, 7) is 1.89.